The van der Waals surface area contributed by atoms with Gasteiger partial charge in [0.15, 0.2) is 10.6 Å². The minimum absolute atomic E-state index is 0.0135. The van der Waals surface area contributed by atoms with Crippen LogP contribution < -0.4 is 5.32 Å². The van der Waals surface area contributed by atoms with Crippen LogP contribution in [0.25, 0.3) is 0 Å². The Morgan fingerprint density at radius 1 is 1.21 bits per heavy atom. The van der Waals surface area contributed by atoms with Crippen molar-refractivity contribution in [2.24, 2.45) is 11.8 Å². The lowest BCUT2D eigenvalue weighted by molar-refractivity contribution is -0.136. The van der Waals surface area contributed by atoms with Crippen molar-refractivity contribution >= 4 is 24.0 Å². The smallest absolute Gasteiger partial charge is 0.225 e. The molecule has 0 bridgehead atoms. The van der Waals surface area contributed by atoms with E-state index in [-0.39, 0.29) is 23.7 Å². The van der Waals surface area contributed by atoms with E-state index >= 15 is 0 Å². The Labute approximate surface area is 145 Å². The second kappa shape index (κ2) is 6.31. The summed E-state index contributed by atoms with van der Waals surface area (Å²) in [5.41, 5.74) is 0. The molecule has 3 aliphatic rings. The van der Waals surface area contributed by atoms with Gasteiger partial charge in [-0.25, -0.2) is 0 Å². The first-order valence-electron chi connectivity index (χ1n) is 8.86. The third kappa shape index (κ3) is 3.24. The number of H-pyrrole nitrogens is 1. The number of hydrogen-bond acceptors (Lipinski definition) is 4. The third-order valence-corrected chi connectivity index (χ3v) is 5.43. The molecule has 130 valence electrons. The molecule has 4 rings (SSSR count). The highest BCUT2D eigenvalue weighted by molar-refractivity contribution is 7.71. The summed E-state index contributed by atoms with van der Waals surface area (Å²) < 4.78 is 2.64. The molecule has 7 nitrogen and oxygen atoms in total. The third-order valence-electron chi connectivity index (χ3n) is 5.14. The van der Waals surface area contributed by atoms with Crippen LogP contribution in [-0.2, 0) is 16.1 Å². The highest BCUT2D eigenvalue weighted by atomic mass is 32.1. The molecule has 1 aromatic heterocycles. The zero-order chi connectivity index (χ0) is 16.7. The van der Waals surface area contributed by atoms with E-state index in [1.807, 2.05) is 9.47 Å². The quantitative estimate of drug-likeness (QED) is 0.790. The molecule has 0 radical (unpaired) electrons. The van der Waals surface area contributed by atoms with Gasteiger partial charge in [0.1, 0.15) is 0 Å². The number of rotatable bonds is 5. The van der Waals surface area contributed by atoms with Crippen molar-refractivity contribution in [3.63, 3.8) is 0 Å². The van der Waals surface area contributed by atoms with E-state index in [1.165, 1.54) is 0 Å². The van der Waals surface area contributed by atoms with Crippen LogP contribution in [-0.4, -0.2) is 44.6 Å². The van der Waals surface area contributed by atoms with Gasteiger partial charge in [-0.2, -0.15) is 5.10 Å². The number of aromatic amines is 1. The van der Waals surface area contributed by atoms with E-state index in [9.17, 15) is 9.59 Å². The molecule has 3 fully saturated rings. The number of hydrogen-bond donors (Lipinski definition) is 2. The van der Waals surface area contributed by atoms with E-state index in [0.29, 0.717) is 23.9 Å². The lowest BCUT2D eigenvalue weighted by Gasteiger charge is -2.32. The van der Waals surface area contributed by atoms with Gasteiger partial charge in [-0.15, -0.1) is 0 Å². The molecule has 1 unspecified atom stereocenters. The molecular weight excluding hydrogens is 326 g/mol. The van der Waals surface area contributed by atoms with E-state index in [0.717, 1.165) is 50.9 Å². The Hall–Kier alpha value is -1.70. The first-order chi connectivity index (χ1) is 11.6. The van der Waals surface area contributed by atoms with Crippen LogP contribution in [0.5, 0.6) is 0 Å². The number of aromatic nitrogens is 3. The van der Waals surface area contributed by atoms with E-state index in [1.54, 1.807) is 0 Å². The fourth-order valence-corrected chi connectivity index (χ4v) is 3.76. The van der Waals surface area contributed by atoms with E-state index in [4.69, 9.17) is 12.2 Å². The van der Waals surface area contributed by atoms with Crippen molar-refractivity contribution in [2.75, 3.05) is 13.1 Å². The maximum absolute atomic E-state index is 12.5. The van der Waals surface area contributed by atoms with Crippen molar-refractivity contribution in [1.29, 1.82) is 0 Å². The molecule has 2 amide bonds. The summed E-state index contributed by atoms with van der Waals surface area (Å²) >= 11 is 5.26. The summed E-state index contributed by atoms with van der Waals surface area (Å²) in [6.07, 6.45) is 6.00. The van der Waals surface area contributed by atoms with Crippen LogP contribution in [0.1, 0.15) is 50.4 Å². The van der Waals surface area contributed by atoms with Crippen molar-refractivity contribution in [3.05, 3.63) is 10.6 Å². The van der Waals surface area contributed by atoms with Gasteiger partial charge in [-0.05, 0) is 50.7 Å². The van der Waals surface area contributed by atoms with Gasteiger partial charge in [0.25, 0.3) is 0 Å². The fourth-order valence-electron chi connectivity index (χ4n) is 3.46. The van der Waals surface area contributed by atoms with Crippen LogP contribution in [0.2, 0.25) is 0 Å². The lowest BCUT2D eigenvalue weighted by atomic mass is 9.96. The second-order valence-corrected chi connectivity index (χ2v) is 7.55. The van der Waals surface area contributed by atoms with Crippen molar-refractivity contribution in [3.8, 4) is 0 Å². The number of piperidine rings is 1. The van der Waals surface area contributed by atoms with E-state index < -0.39 is 0 Å². The zero-order valence-corrected chi connectivity index (χ0v) is 14.5. The Kier molecular flexibility index (Phi) is 4.15. The molecule has 24 heavy (non-hydrogen) atoms. The number of carbonyl (C=O) groups is 2. The Morgan fingerprint density at radius 3 is 2.71 bits per heavy atom. The van der Waals surface area contributed by atoms with Gasteiger partial charge in [0.05, 0.1) is 12.5 Å². The molecule has 2 aliphatic carbocycles. The standard InChI is InChI=1S/C16H23N5O2S/c22-14(11-2-1-7-20(9-11)15(23)10-3-4-10)17-8-13-18-19-16(24)21(13)12-5-6-12/h10-12H,1-9H2,(H,17,22)(H,19,24). The van der Waals surface area contributed by atoms with Crippen LogP contribution in [0, 0.1) is 16.6 Å². The predicted molar refractivity (Wildman–Crippen MR) is 89.6 cm³/mol. The highest BCUT2D eigenvalue weighted by Crippen LogP contribution is 2.35. The molecule has 1 aromatic rings. The minimum atomic E-state index is -0.113. The van der Waals surface area contributed by atoms with Crippen molar-refractivity contribution in [1.82, 2.24) is 25.0 Å². The first-order valence-corrected chi connectivity index (χ1v) is 9.26. The molecule has 2 N–H and O–H groups in total. The molecule has 2 heterocycles. The van der Waals surface area contributed by atoms with Gasteiger partial charge in [0.2, 0.25) is 11.8 Å². The van der Waals surface area contributed by atoms with Gasteiger partial charge < -0.3 is 10.2 Å². The molecule has 1 saturated heterocycles. The van der Waals surface area contributed by atoms with Gasteiger partial charge in [-0.3, -0.25) is 19.3 Å². The highest BCUT2D eigenvalue weighted by Gasteiger charge is 2.36. The summed E-state index contributed by atoms with van der Waals surface area (Å²) in [5, 5.41) is 10.0. The summed E-state index contributed by atoms with van der Waals surface area (Å²) in [4.78, 5) is 26.6. The number of nitrogens with one attached hydrogen (secondary N) is 2. The molecule has 1 aliphatic heterocycles. The lowest BCUT2D eigenvalue weighted by Crippen LogP contribution is -2.46. The Morgan fingerprint density at radius 2 is 2.00 bits per heavy atom. The molecule has 1 atom stereocenters. The molecule has 0 spiro atoms. The van der Waals surface area contributed by atoms with Crippen molar-refractivity contribution < 1.29 is 9.59 Å². The van der Waals surface area contributed by atoms with Crippen molar-refractivity contribution in [2.45, 2.75) is 51.1 Å². The minimum Gasteiger partial charge on any atom is -0.348 e. The Balaban J connectivity index is 1.34. The monoisotopic (exact) mass is 349 g/mol. The van der Waals surface area contributed by atoms with Gasteiger partial charge in [-0.1, -0.05) is 0 Å². The first kappa shape index (κ1) is 15.8. The number of carbonyl (C=O) groups excluding carboxylic acids is 2. The summed E-state index contributed by atoms with van der Waals surface area (Å²) in [6, 6.07) is 0.435. The summed E-state index contributed by atoms with van der Waals surface area (Å²) in [6.45, 7) is 1.73. The van der Waals surface area contributed by atoms with Crippen LogP contribution in [0.4, 0.5) is 0 Å². The predicted octanol–water partition coefficient (Wildman–Crippen LogP) is 1.54. The number of nitrogens with zero attached hydrogens (tertiary/aromatic N) is 3. The molecule has 2 saturated carbocycles. The fraction of sp³-hybridized carbons (Fsp3) is 0.750. The van der Waals surface area contributed by atoms with Crippen LogP contribution in [0.3, 0.4) is 0 Å². The van der Waals surface area contributed by atoms with Gasteiger partial charge in [0, 0.05) is 25.0 Å². The average molecular weight is 349 g/mol. The SMILES string of the molecule is O=C(NCc1n[nH]c(=S)n1C1CC1)C1CCCN(C(=O)C2CC2)C1. The van der Waals surface area contributed by atoms with Crippen LogP contribution >= 0.6 is 12.2 Å². The van der Waals surface area contributed by atoms with Gasteiger partial charge >= 0.3 is 0 Å². The average Bonchev–Trinajstić information content (AvgIpc) is 3.51. The molecular formula is C16H23N5O2S. The topological polar surface area (TPSA) is 83.0 Å². The van der Waals surface area contributed by atoms with E-state index in [2.05, 4.69) is 15.5 Å². The maximum atomic E-state index is 12.5. The maximum Gasteiger partial charge on any atom is 0.225 e. The second-order valence-electron chi connectivity index (χ2n) is 7.16. The van der Waals surface area contributed by atoms with Crippen LogP contribution in [0.15, 0.2) is 0 Å². The molecule has 0 aromatic carbocycles. The summed E-state index contributed by atoms with van der Waals surface area (Å²) in [7, 11) is 0. The zero-order valence-electron chi connectivity index (χ0n) is 13.7. The largest absolute Gasteiger partial charge is 0.348 e. The normalized spacial score (nSPS) is 24.0. The number of likely N-dealkylation sites (tertiary alicyclic amines) is 1. The number of amides is 2. The summed E-state index contributed by atoms with van der Waals surface area (Å²) in [5.74, 6) is 1.15. The molecule has 8 heteroatoms. The Bertz CT molecular complexity index is 704.